The number of alkyl carbamates (subject to hydrolysis) is 1. The minimum Gasteiger partial charge on any atom is -0.453 e. The molecule has 1 amide bonds. The molecule has 1 aromatic rings. The average molecular weight is 295 g/mol. The quantitative estimate of drug-likeness (QED) is 0.712. The first-order chi connectivity index (χ1) is 10.2. The molecule has 0 aromatic heterocycles. The first kappa shape index (κ1) is 17.5. The summed E-state index contributed by atoms with van der Waals surface area (Å²) in [5, 5.41) is 2.80. The largest absolute Gasteiger partial charge is 0.453 e. The van der Waals surface area contributed by atoms with Crippen LogP contribution in [0.4, 0.5) is 4.79 Å². The second-order valence-electron chi connectivity index (χ2n) is 4.75. The number of hydrogen-bond donors (Lipinski definition) is 1. The highest BCUT2D eigenvalue weighted by Crippen LogP contribution is 2.09. The molecule has 5 heteroatoms. The van der Waals surface area contributed by atoms with Crippen LogP contribution in [0.1, 0.15) is 25.3 Å². The van der Waals surface area contributed by atoms with Crippen molar-refractivity contribution in [2.45, 2.75) is 38.5 Å². The van der Waals surface area contributed by atoms with Crippen LogP contribution in [0.2, 0.25) is 0 Å². The highest BCUT2D eigenvalue weighted by molar-refractivity contribution is 5.67. The van der Waals surface area contributed by atoms with Gasteiger partial charge in [0.25, 0.3) is 0 Å². The van der Waals surface area contributed by atoms with Crippen molar-refractivity contribution in [2.24, 2.45) is 0 Å². The van der Waals surface area contributed by atoms with Crippen molar-refractivity contribution >= 4 is 6.09 Å². The van der Waals surface area contributed by atoms with Gasteiger partial charge in [0.2, 0.25) is 0 Å². The molecule has 21 heavy (non-hydrogen) atoms. The Morgan fingerprint density at radius 3 is 2.52 bits per heavy atom. The smallest absolute Gasteiger partial charge is 0.407 e. The zero-order valence-corrected chi connectivity index (χ0v) is 13.0. The zero-order valence-electron chi connectivity index (χ0n) is 13.0. The third kappa shape index (κ3) is 6.60. The summed E-state index contributed by atoms with van der Waals surface area (Å²) in [5.74, 6) is 0. The van der Waals surface area contributed by atoms with E-state index in [4.69, 9.17) is 9.47 Å². The maximum atomic E-state index is 11.4. The van der Waals surface area contributed by atoms with Gasteiger partial charge in [-0.1, -0.05) is 37.3 Å². The van der Waals surface area contributed by atoms with Crippen LogP contribution in [0, 0.1) is 0 Å². The van der Waals surface area contributed by atoms with Crippen LogP contribution in [0.25, 0.3) is 0 Å². The molecule has 0 unspecified atom stereocenters. The van der Waals surface area contributed by atoms with E-state index in [0.29, 0.717) is 19.6 Å². The van der Waals surface area contributed by atoms with Crippen LogP contribution < -0.4 is 5.32 Å². The average Bonchev–Trinajstić information content (AvgIpc) is 2.53. The van der Waals surface area contributed by atoms with Crippen LogP contribution in [0.5, 0.6) is 0 Å². The molecule has 2 atom stereocenters. The van der Waals surface area contributed by atoms with E-state index in [1.54, 1.807) is 7.11 Å². The van der Waals surface area contributed by atoms with Crippen LogP contribution in [-0.4, -0.2) is 39.1 Å². The van der Waals surface area contributed by atoms with Gasteiger partial charge in [-0.2, -0.15) is 0 Å². The second kappa shape index (κ2) is 10.2. The molecule has 0 radical (unpaired) electrons. The van der Waals surface area contributed by atoms with Crippen LogP contribution in [-0.2, 0) is 20.8 Å². The molecule has 1 rings (SSSR count). The lowest BCUT2D eigenvalue weighted by Crippen LogP contribution is -2.44. The molecule has 0 aliphatic carbocycles. The molecule has 118 valence electrons. The van der Waals surface area contributed by atoms with Crippen LogP contribution >= 0.6 is 0 Å². The Hall–Kier alpha value is -1.59. The van der Waals surface area contributed by atoms with Crippen molar-refractivity contribution in [3.63, 3.8) is 0 Å². The topological polar surface area (TPSA) is 56.8 Å². The molecular formula is C16H25NO4. The van der Waals surface area contributed by atoms with Gasteiger partial charge in [-0.25, -0.2) is 4.79 Å². The monoisotopic (exact) mass is 295 g/mol. The lowest BCUT2D eigenvalue weighted by atomic mass is 10.1. The van der Waals surface area contributed by atoms with Gasteiger partial charge in [0.15, 0.2) is 0 Å². The summed E-state index contributed by atoms with van der Waals surface area (Å²) in [7, 11) is 3.00. The summed E-state index contributed by atoms with van der Waals surface area (Å²) in [6.07, 6.45) is 0.987. The number of amides is 1. The number of ether oxygens (including phenoxy) is 3. The number of benzene rings is 1. The zero-order chi connectivity index (χ0) is 15.5. The summed E-state index contributed by atoms with van der Waals surface area (Å²) in [6.45, 7) is 3.13. The van der Waals surface area contributed by atoms with Gasteiger partial charge in [0.05, 0.1) is 25.9 Å². The summed E-state index contributed by atoms with van der Waals surface area (Å²) in [5.41, 5.74) is 1.13. The fraction of sp³-hybridized carbons (Fsp3) is 0.562. The van der Waals surface area contributed by atoms with E-state index in [1.165, 1.54) is 7.11 Å². The van der Waals surface area contributed by atoms with E-state index in [2.05, 4.69) is 10.1 Å². The predicted octanol–water partition coefficient (Wildman–Crippen LogP) is 2.74. The fourth-order valence-electron chi connectivity index (χ4n) is 2.15. The van der Waals surface area contributed by atoms with E-state index in [1.807, 2.05) is 37.3 Å². The lowest BCUT2D eigenvalue weighted by molar-refractivity contribution is 0.0415. The van der Waals surface area contributed by atoms with Crippen LogP contribution in [0.15, 0.2) is 30.3 Å². The van der Waals surface area contributed by atoms with Crippen molar-refractivity contribution in [3.8, 4) is 0 Å². The minimum atomic E-state index is -0.446. The van der Waals surface area contributed by atoms with Gasteiger partial charge in [0.1, 0.15) is 0 Å². The van der Waals surface area contributed by atoms with Crippen molar-refractivity contribution in [1.82, 2.24) is 5.32 Å². The second-order valence-corrected chi connectivity index (χ2v) is 4.75. The van der Waals surface area contributed by atoms with Gasteiger partial charge in [-0.05, 0) is 18.4 Å². The number of carbonyl (C=O) groups excluding carboxylic acids is 1. The van der Waals surface area contributed by atoms with Gasteiger partial charge >= 0.3 is 6.09 Å². The molecule has 1 N–H and O–H groups in total. The number of hydrogen-bond acceptors (Lipinski definition) is 4. The van der Waals surface area contributed by atoms with Gasteiger partial charge in [-0.15, -0.1) is 0 Å². The SMILES string of the molecule is CC[C@H](OC)[C@@H](CCOCc1ccccc1)NC(=O)OC. The molecule has 0 saturated carbocycles. The number of rotatable bonds is 9. The number of nitrogens with one attached hydrogen (secondary N) is 1. The maximum Gasteiger partial charge on any atom is 0.407 e. The van der Waals surface area contributed by atoms with Crippen molar-refractivity contribution < 1.29 is 19.0 Å². The van der Waals surface area contributed by atoms with E-state index in [-0.39, 0.29) is 12.1 Å². The first-order valence-corrected chi connectivity index (χ1v) is 7.20. The highest BCUT2D eigenvalue weighted by Gasteiger charge is 2.21. The van der Waals surface area contributed by atoms with E-state index < -0.39 is 6.09 Å². The Morgan fingerprint density at radius 2 is 1.95 bits per heavy atom. The Labute approximate surface area is 126 Å². The molecule has 0 bridgehead atoms. The molecule has 0 spiro atoms. The summed E-state index contributed by atoms with van der Waals surface area (Å²) in [6, 6.07) is 9.87. The molecule has 0 fully saturated rings. The van der Waals surface area contributed by atoms with Crippen LogP contribution in [0.3, 0.4) is 0 Å². The van der Waals surface area contributed by atoms with Gasteiger partial charge in [0, 0.05) is 13.7 Å². The van der Waals surface area contributed by atoms with E-state index in [0.717, 1.165) is 12.0 Å². The molecule has 1 aromatic carbocycles. The Bertz CT molecular complexity index is 393. The highest BCUT2D eigenvalue weighted by atomic mass is 16.5. The molecular weight excluding hydrogens is 270 g/mol. The third-order valence-corrected chi connectivity index (χ3v) is 3.33. The van der Waals surface area contributed by atoms with Gasteiger partial charge in [-0.3, -0.25) is 0 Å². The fourth-order valence-corrected chi connectivity index (χ4v) is 2.15. The van der Waals surface area contributed by atoms with E-state index >= 15 is 0 Å². The summed E-state index contributed by atoms with van der Waals surface area (Å²) >= 11 is 0. The van der Waals surface area contributed by atoms with Crippen molar-refractivity contribution in [3.05, 3.63) is 35.9 Å². The maximum absolute atomic E-state index is 11.4. The summed E-state index contributed by atoms with van der Waals surface area (Å²) < 4.78 is 15.7. The number of carbonyl (C=O) groups is 1. The predicted molar refractivity (Wildman–Crippen MR) is 81.1 cm³/mol. The van der Waals surface area contributed by atoms with E-state index in [9.17, 15) is 4.79 Å². The van der Waals surface area contributed by atoms with Gasteiger partial charge < -0.3 is 19.5 Å². The minimum absolute atomic E-state index is 0.0515. The standard InChI is InChI=1S/C16H25NO4/c1-4-15(19-2)14(17-16(18)20-3)10-11-21-12-13-8-6-5-7-9-13/h5-9,14-15H,4,10-12H2,1-3H3,(H,17,18)/t14-,15+/m1/s1. The third-order valence-electron chi connectivity index (χ3n) is 3.33. The lowest BCUT2D eigenvalue weighted by Gasteiger charge is -2.25. The first-order valence-electron chi connectivity index (χ1n) is 7.20. The molecule has 0 heterocycles. The molecule has 0 aliphatic heterocycles. The Morgan fingerprint density at radius 1 is 1.24 bits per heavy atom. The number of methoxy groups -OCH3 is 2. The molecule has 0 saturated heterocycles. The normalized spacial score (nSPS) is 13.5. The molecule has 5 nitrogen and oxygen atoms in total. The Balaban J connectivity index is 2.39. The van der Waals surface area contributed by atoms with Crippen molar-refractivity contribution in [1.29, 1.82) is 0 Å². The molecule has 0 aliphatic rings. The summed E-state index contributed by atoms with van der Waals surface area (Å²) in [4.78, 5) is 11.4. The van der Waals surface area contributed by atoms with Crippen molar-refractivity contribution in [2.75, 3.05) is 20.8 Å². The Kier molecular flexibility index (Phi) is 8.47.